The van der Waals surface area contributed by atoms with Gasteiger partial charge in [0.05, 0.1) is 11.9 Å². The molecule has 0 aliphatic carbocycles. The molecule has 2 aromatic rings. The lowest BCUT2D eigenvalue weighted by molar-refractivity contribution is 0.271. The molecule has 1 aromatic carbocycles. The van der Waals surface area contributed by atoms with Crippen LogP contribution in [0.3, 0.4) is 0 Å². The SMILES string of the molecule is NC(CCN1Cc2ccccc2C1)c1ccc(F)cn1. The lowest BCUT2D eigenvalue weighted by atomic mass is 10.1. The van der Waals surface area contributed by atoms with Crippen LogP contribution >= 0.6 is 0 Å². The van der Waals surface area contributed by atoms with E-state index in [2.05, 4.69) is 34.1 Å². The Bertz CT molecular complexity index is 558. The molecule has 1 aliphatic heterocycles. The number of nitrogens with zero attached hydrogens (tertiary/aromatic N) is 2. The maximum Gasteiger partial charge on any atom is 0.141 e. The summed E-state index contributed by atoms with van der Waals surface area (Å²) in [4.78, 5) is 6.43. The van der Waals surface area contributed by atoms with Gasteiger partial charge in [0, 0.05) is 25.7 Å². The molecule has 3 rings (SSSR count). The monoisotopic (exact) mass is 271 g/mol. The zero-order chi connectivity index (χ0) is 13.9. The van der Waals surface area contributed by atoms with Crippen molar-refractivity contribution in [3.8, 4) is 0 Å². The van der Waals surface area contributed by atoms with Gasteiger partial charge in [-0.15, -0.1) is 0 Å². The van der Waals surface area contributed by atoms with E-state index >= 15 is 0 Å². The zero-order valence-corrected chi connectivity index (χ0v) is 11.3. The van der Waals surface area contributed by atoms with Gasteiger partial charge in [-0.25, -0.2) is 4.39 Å². The average Bonchev–Trinajstić information content (AvgIpc) is 2.88. The molecule has 1 aliphatic rings. The van der Waals surface area contributed by atoms with Crippen LogP contribution in [0.2, 0.25) is 0 Å². The summed E-state index contributed by atoms with van der Waals surface area (Å²) in [6, 6.07) is 11.5. The molecule has 0 radical (unpaired) electrons. The number of pyridine rings is 1. The molecule has 1 aromatic heterocycles. The van der Waals surface area contributed by atoms with E-state index in [0.29, 0.717) is 0 Å². The summed E-state index contributed by atoms with van der Waals surface area (Å²) < 4.78 is 12.8. The Morgan fingerprint density at radius 2 is 1.85 bits per heavy atom. The minimum absolute atomic E-state index is 0.140. The van der Waals surface area contributed by atoms with Crippen LogP contribution in [0.4, 0.5) is 4.39 Å². The standard InChI is InChI=1S/C16H18FN3/c17-14-5-6-16(19-9-14)15(18)7-8-20-10-12-3-1-2-4-13(12)11-20/h1-6,9,15H,7-8,10-11,18H2. The molecular weight excluding hydrogens is 253 g/mol. The maximum atomic E-state index is 12.8. The Balaban J connectivity index is 1.55. The minimum Gasteiger partial charge on any atom is -0.323 e. The number of rotatable bonds is 4. The van der Waals surface area contributed by atoms with Crippen LogP contribution in [0.25, 0.3) is 0 Å². The molecule has 4 heteroatoms. The van der Waals surface area contributed by atoms with E-state index in [1.807, 2.05) is 0 Å². The second kappa shape index (κ2) is 5.69. The highest BCUT2D eigenvalue weighted by atomic mass is 19.1. The van der Waals surface area contributed by atoms with Gasteiger partial charge in [-0.05, 0) is 29.7 Å². The highest BCUT2D eigenvalue weighted by Gasteiger charge is 2.19. The fraction of sp³-hybridized carbons (Fsp3) is 0.312. The van der Waals surface area contributed by atoms with Crippen molar-refractivity contribution in [1.82, 2.24) is 9.88 Å². The van der Waals surface area contributed by atoms with E-state index in [4.69, 9.17) is 5.73 Å². The van der Waals surface area contributed by atoms with E-state index in [-0.39, 0.29) is 11.9 Å². The van der Waals surface area contributed by atoms with Crippen molar-refractivity contribution in [1.29, 1.82) is 0 Å². The molecule has 2 N–H and O–H groups in total. The van der Waals surface area contributed by atoms with Crippen LogP contribution in [-0.4, -0.2) is 16.4 Å². The van der Waals surface area contributed by atoms with Crippen molar-refractivity contribution < 1.29 is 4.39 Å². The molecule has 1 atom stereocenters. The zero-order valence-electron chi connectivity index (χ0n) is 11.3. The Morgan fingerprint density at radius 1 is 1.15 bits per heavy atom. The Morgan fingerprint density at radius 3 is 2.45 bits per heavy atom. The smallest absolute Gasteiger partial charge is 0.141 e. The fourth-order valence-corrected chi connectivity index (χ4v) is 2.64. The normalized spacial score (nSPS) is 16.1. The van der Waals surface area contributed by atoms with E-state index in [1.165, 1.54) is 23.4 Å². The maximum absolute atomic E-state index is 12.8. The van der Waals surface area contributed by atoms with E-state index in [0.717, 1.165) is 31.7 Å². The van der Waals surface area contributed by atoms with E-state index < -0.39 is 0 Å². The molecule has 0 bridgehead atoms. The highest BCUT2D eigenvalue weighted by molar-refractivity contribution is 5.30. The summed E-state index contributed by atoms with van der Waals surface area (Å²) in [5.74, 6) is -0.323. The van der Waals surface area contributed by atoms with Gasteiger partial charge >= 0.3 is 0 Å². The lowest BCUT2D eigenvalue weighted by Gasteiger charge is -2.17. The van der Waals surface area contributed by atoms with Crippen LogP contribution in [-0.2, 0) is 13.1 Å². The third-order valence-corrected chi connectivity index (χ3v) is 3.79. The first-order valence-corrected chi connectivity index (χ1v) is 6.88. The van der Waals surface area contributed by atoms with Gasteiger partial charge in [0.1, 0.15) is 5.82 Å². The van der Waals surface area contributed by atoms with Crippen LogP contribution in [0.5, 0.6) is 0 Å². The number of hydrogen-bond acceptors (Lipinski definition) is 3. The van der Waals surface area contributed by atoms with Gasteiger partial charge in [-0.3, -0.25) is 9.88 Å². The molecule has 2 heterocycles. The van der Waals surface area contributed by atoms with Crippen molar-refractivity contribution in [3.63, 3.8) is 0 Å². The van der Waals surface area contributed by atoms with Crippen molar-refractivity contribution in [2.24, 2.45) is 5.73 Å². The quantitative estimate of drug-likeness (QED) is 0.929. The van der Waals surface area contributed by atoms with Gasteiger partial charge in [-0.2, -0.15) is 0 Å². The van der Waals surface area contributed by atoms with Crippen molar-refractivity contribution in [3.05, 3.63) is 65.2 Å². The van der Waals surface area contributed by atoms with E-state index in [9.17, 15) is 4.39 Å². The second-order valence-electron chi connectivity index (χ2n) is 5.28. The van der Waals surface area contributed by atoms with Gasteiger partial charge in [-0.1, -0.05) is 24.3 Å². The number of aromatic nitrogens is 1. The summed E-state index contributed by atoms with van der Waals surface area (Å²) in [6.07, 6.45) is 2.05. The second-order valence-corrected chi connectivity index (χ2v) is 5.28. The third kappa shape index (κ3) is 2.86. The van der Waals surface area contributed by atoms with Crippen molar-refractivity contribution in [2.75, 3.05) is 6.54 Å². The molecule has 0 fully saturated rings. The summed E-state index contributed by atoms with van der Waals surface area (Å²) in [6.45, 7) is 2.90. The largest absolute Gasteiger partial charge is 0.323 e. The molecular formula is C16H18FN3. The third-order valence-electron chi connectivity index (χ3n) is 3.79. The topological polar surface area (TPSA) is 42.1 Å². The molecule has 0 spiro atoms. The number of nitrogens with two attached hydrogens (primary N) is 1. The molecule has 20 heavy (non-hydrogen) atoms. The van der Waals surface area contributed by atoms with Gasteiger partial charge in [0.2, 0.25) is 0 Å². The molecule has 1 unspecified atom stereocenters. The summed E-state index contributed by atoms with van der Waals surface area (Å²) in [7, 11) is 0. The number of fused-ring (bicyclic) bond motifs is 1. The lowest BCUT2D eigenvalue weighted by Crippen LogP contribution is -2.23. The summed E-state index contributed by atoms with van der Waals surface area (Å²) in [5.41, 5.74) is 9.68. The van der Waals surface area contributed by atoms with Crippen LogP contribution in [0.1, 0.15) is 29.3 Å². The molecule has 0 saturated heterocycles. The predicted octanol–water partition coefficient (Wildman–Crippen LogP) is 2.63. The first kappa shape index (κ1) is 13.2. The van der Waals surface area contributed by atoms with Crippen LogP contribution in [0.15, 0.2) is 42.6 Å². The van der Waals surface area contributed by atoms with Gasteiger partial charge in [0.15, 0.2) is 0 Å². The fourth-order valence-electron chi connectivity index (χ4n) is 2.64. The van der Waals surface area contributed by atoms with Crippen LogP contribution < -0.4 is 5.73 Å². The Hall–Kier alpha value is -1.78. The molecule has 104 valence electrons. The molecule has 0 amide bonds. The Kier molecular flexibility index (Phi) is 3.76. The summed E-state index contributed by atoms with van der Waals surface area (Å²) >= 11 is 0. The molecule has 3 nitrogen and oxygen atoms in total. The first-order valence-electron chi connectivity index (χ1n) is 6.88. The average molecular weight is 271 g/mol. The summed E-state index contributed by atoms with van der Waals surface area (Å²) in [5, 5.41) is 0. The van der Waals surface area contributed by atoms with Crippen LogP contribution in [0, 0.1) is 5.82 Å². The van der Waals surface area contributed by atoms with Crippen molar-refractivity contribution in [2.45, 2.75) is 25.6 Å². The van der Waals surface area contributed by atoms with Crippen molar-refractivity contribution >= 4 is 0 Å². The number of benzene rings is 1. The molecule has 0 saturated carbocycles. The number of hydrogen-bond donors (Lipinski definition) is 1. The number of halogens is 1. The van der Waals surface area contributed by atoms with Gasteiger partial charge < -0.3 is 5.73 Å². The van der Waals surface area contributed by atoms with Gasteiger partial charge in [0.25, 0.3) is 0 Å². The predicted molar refractivity (Wildman–Crippen MR) is 76.3 cm³/mol. The first-order chi connectivity index (χ1) is 9.72. The van der Waals surface area contributed by atoms with E-state index in [1.54, 1.807) is 6.07 Å². The Labute approximate surface area is 118 Å². The minimum atomic E-state index is -0.323. The highest BCUT2D eigenvalue weighted by Crippen LogP contribution is 2.23.